The van der Waals surface area contributed by atoms with Gasteiger partial charge in [-0.2, -0.15) is 5.26 Å². The summed E-state index contributed by atoms with van der Waals surface area (Å²) in [4.78, 5) is 13.7. The van der Waals surface area contributed by atoms with E-state index in [0.717, 1.165) is 17.1 Å². The van der Waals surface area contributed by atoms with Crippen LogP contribution in [0.15, 0.2) is 29.4 Å². The fourth-order valence-electron chi connectivity index (χ4n) is 2.36. The number of rotatable bonds is 8. The molecule has 0 radical (unpaired) electrons. The second-order valence-electron chi connectivity index (χ2n) is 6.01. The largest absolute Gasteiger partial charge is 0.497 e. The van der Waals surface area contributed by atoms with Gasteiger partial charge in [-0.15, -0.1) is 10.2 Å². The number of hydrogen-bond donors (Lipinski definition) is 0. The number of methoxy groups -OCH3 is 1. The van der Waals surface area contributed by atoms with Crippen molar-refractivity contribution in [1.29, 1.82) is 5.26 Å². The first-order valence-corrected chi connectivity index (χ1v) is 9.29. The van der Waals surface area contributed by atoms with Crippen LogP contribution in [0.1, 0.15) is 26.3 Å². The summed E-state index contributed by atoms with van der Waals surface area (Å²) in [7, 11) is 3.33. The maximum absolute atomic E-state index is 12.2. The first kappa shape index (κ1) is 19.8. The quantitative estimate of drug-likeness (QED) is 0.662. The molecular weight excluding hydrogens is 350 g/mol. The number of amides is 1. The molecule has 7 nitrogen and oxygen atoms in total. The van der Waals surface area contributed by atoms with Crippen molar-refractivity contribution in [3.05, 3.63) is 24.3 Å². The molecule has 1 aromatic carbocycles. The average molecular weight is 373 g/mol. The minimum atomic E-state index is -0.0328. The van der Waals surface area contributed by atoms with Gasteiger partial charge in [-0.05, 0) is 38.1 Å². The van der Waals surface area contributed by atoms with Gasteiger partial charge >= 0.3 is 0 Å². The van der Waals surface area contributed by atoms with Crippen LogP contribution in [-0.4, -0.2) is 52.0 Å². The maximum atomic E-state index is 12.2. The standard InChI is InChI=1S/C18H23N5O2S/c1-13(2)23-17(14-6-8-15(25-4)9-7-14)20-21-18(23)26-12-16(24)22(3)11-5-10-19/h6-9,13H,5,11-12H2,1-4H3. The summed E-state index contributed by atoms with van der Waals surface area (Å²) < 4.78 is 7.22. The molecule has 1 aromatic heterocycles. The molecule has 26 heavy (non-hydrogen) atoms. The topological polar surface area (TPSA) is 84.0 Å². The van der Waals surface area contributed by atoms with E-state index in [1.165, 1.54) is 11.8 Å². The van der Waals surface area contributed by atoms with Gasteiger partial charge in [-0.25, -0.2) is 0 Å². The zero-order valence-electron chi connectivity index (χ0n) is 15.5. The van der Waals surface area contributed by atoms with Crippen LogP contribution in [0.4, 0.5) is 0 Å². The Kier molecular flexibility index (Phi) is 7.04. The molecule has 0 unspecified atom stereocenters. The lowest BCUT2D eigenvalue weighted by molar-refractivity contribution is -0.127. The van der Waals surface area contributed by atoms with Crippen LogP contribution in [0.25, 0.3) is 11.4 Å². The number of ether oxygens (including phenoxy) is 1. The van der Waals surface area contributed by atoms with Crippen molar-refractivity contribution in [2.75, 3.05) is 26.5 Å². The number of nitrogens with zero attached hydrogens (tertiary/aromatic N) is 5. The number of thioether (sulfide) groups is 1. The van der Waals surface area contributed by atoms with Crippen molar-refractivity contribution in [3.63, 3.8) is 0 Å². The van der Waals surface area contributed by atoms with E-state index in [0.29, 0.717) is 18.1 Å². The first-order chi connectivity index (χ1) is 12.5. The average Bonchev–Trinajstić information content (AvgIpc) is 3.08. The summed E-state index contributed by atoms with van der Waals surface area (Å²) in [5.41, 5.74) is 0.941. The molecule has 1 heterocycles. The van der Waals surface area contributed by atoms with Crippen LogP contribution in [-0.2, 0) is 4.79 Å². The van der Waals surface area contributed by atoms with Gasteiger partial charge < -0.3 is 9.64 Å². The number of aromatic nitrogens is 3. The third kappa shape index (κ3) is 4.76. The second kappa shape index (κ2) is 9.25. The molecule has 0 saturated heterocycles. The lowest BCUT2D eigenvalue weighted by Crippen LogP contribution is -2.29. The van der Waals surface area contributed by atoms with Crippen molar-refractivity contribution < 1.29 is 9.53 Å². The molecule has 0 fully saturated rings. The SMILES string of the molecule is COc1ccc(-c2nnc(SCC(=O)N(C)CCC#N)n2C(C)C)cc1. The number of carbonyl (C=O) groups is 1. The highest BCUT2D eigenvalue weighted by Crippen LogP contribution is 2.28. The van der Waals surface area contributed by atoms with Crippen molar-refractivity contribution in [1.82, 2.24) is 19.7 Å². The van der Waals surface area contributed by atoms with Gasteiger partial charge in [-0.3, -0.25) is 9.36 Å². The van der Waals surface area contributed by atoms with Crippen LogP contribution in [0.5, 0.6) is 5.75 Å². The van der Waals surface area contributed by atoms with Gasteiger partial charge in [0, 0.05) is 25.2 Å². The van der Waals surface area contributed by atoms with E-state index in [1.807, 2.05) is 34.9 Å². The molecule has 0 atom stereocenters. The molecular formula is C18H23N5O2S. The normalized spacial score (nSPS) is 10.6. The van der Waals surface area contributed by atoms with E-state index < -0.39 is 0 Å². The summed E-state index contributed by atoms with van der Waals surface area (Å²) in [6.07, 6.45) is 0.330. The third-order valence-corrected chi connectivity index (χ3v) is 4.77. The minimum Gasteiger partial charge on any atom is -0.497 e. The Morgan fingerprint density at radius 1 is 1.35 bits per heavy atom. The predicted octanol–water partition coefficient (Wildman–Crippen LogP) is 3.00. The molecule has 0 aliphatic heterocycles. The predicted molar refractivity (Wildman–Crippen MR) is 101 cm³/mol. The molecule has 2 rings (SSSR count). The maximum Gasteiger partial charge on any atom is 0.232 e. The second-order valence-corrected chi connectivity index (χ2v) is 6.95. The molecule has 1 amide bonds. The highest BCUT2D eigenvalue weighted by Gasteiger charge is 2.18. The Bertz CT molecular complexity index is 780. The number of nitriles is 1. The highest BCUT2D eigenvalue weighted by molar-refractivity contribution is 7.99. The fraction of sp³-hybridized carbons (Fsp3) is 0.444. The monoisotopic (exact) mass is 373 g/mol. The Labute approximate surface area is 158 Å². The highest BCUT2D eigenvalue weighted by atomic mass is 32.2. The van der Waals surface area contributed by atoms with Crippen LogP contribution >= 0.6 is 11.8 Å². The Balaban J connectivity index is 2.16. The van der Waals surface area contributed by atoms with E-state index >= 15 is 0 Å². The van der Waals surface area contributed by atoms with E-state index in [9.17, 15) is 4.79 Å². The van der Waals surface area contributed by atoms with E-state index in [1.54, 1.807) is 19.1 Å². The zero-order chi connectivity index (χ0) is 19.1. The van der Waals surface area contributed by atoms with Gasteiger partial charge in [0.1, 0.15) is 5.75 Å². The summed E-state index contributed by atoms with van der Waals surface area (Å²) in [6.45, 7) is 4.55. The van der Waals surface area contributed by atoms with Crippen LogP contribution in [0.3, 0.4) is 0 Å². The molecule has 0 spiro atoms. The lowest BCUT2D eigenvalue weighted by atomic mass is 10.2. The molecule has 0 N–H and O–H groups in total. The van der Waals surface area contributed by atoms with Crippen molar-refractivity contribution in [3.8, 4) is 23.2 Å². The molecule has 8 heteroatoms. The van der Waals surface area contributed by atoms with Crippen LogP contribution in [0.2, 0.25) is 0 Å². The third-order valence-electron chi connectivity index (χ3n) is 3.84. The van der Waals surface area contributed by atoms with E-state index in [2.05, 4.69) is 24.0 Å². The Hall–Kier alpha value is -2.53. The molecule has 2 aromatic rings. The van der Waals surface area contributed by atoms with Crippen LogP contribution in [0, 0.1) is 11.3 Å². The first-order valence-electron chi connectivity index (χ1n) is 8.31. The zero-order valence-corrected chi connectivity index (χ0v) is 16.3. The van der Waals surface area contributed by atoms with Crippen molar-refractivity contribution in [2.24, 2.45) is 0 Å². The Morgan fingerprint density at radius 3 is 2.62 bits per heavy atom. The molecule has 0 aliphatic rings. The van der Waals surface area contributed by atoms with E-state index in [-0.39, 0.29) is 17.7 Å². The van der Waals surface area contributed by atoms with Crippen molar-refractivity contribution in [2.45, 2.75) is 31.5 Å². The lowest BCUT2D eigenvalue weighted by Gasteiger charge is -2.16. The summed E-state index contributed by atoms with van der Waals surface area (Å²) >= 11 is 1.36. The smallest absolute Gasteiger partial charge is 0.232 e. The van der Waals surface area contributed by atoms with Gasteiger partial charge in [0.15, 0.2) is 11.0 Å². The van der Waals surface area contributed by atoms with Gasteiger partial charge in [0.05, 0.1) is 25.4 Å². The number of carbonyl (C=O) groups excluding carboxylic acids is 1. The molecule has 0 saturated carbocycles. The molecule has 0 bridgehead atoms. The van der Waals surface area contributed by atoms with Gasteiger partial charge in [0.25, 0.3) is 0 Å². The minimum absolute atomic E-state index is 0.0328. The molecule has 138 valence electrons. The number of hydrogen-bond acceptors (Lipinski definition) is 6. The van der Waals surface area contributed by atoms with Gasteiger partial charge in [-0.1, -0.05) is 11.8 Å². The Morgan fingerprint density at radius 2 is 2.04 bits per heavy atom. The summed E-state index contributed by atoms with van der Waals surface area (Å²) in [5.74, 6) is 1.77. The number of benzene rings is 1. The van der Waals surface area contributed by atoms with Crippen LogP contribution < -0.4 is 4.74 Å². The summed E-state index contributed by atoms with van der Waals surface area (Å²) in [6, 6.07) is 9.85. The fourth-order valence-corrected chi connectivity index (χ4v) is 3.36. The summed E-state index contributed by atoms with van der Waals surface area (Å²) in [5, 5.41) is 17.9. The van der Waals surface area contributed by atoms with E-state index in [4.69, 9.17) is 10.00 Å². The van der Waals surface area contributed by atoms with Gasteiger partial charge in [0.2, 0.25) is 5.91 Å². The molecule has 0 aliphatic carbocycles. The van der Waals surface area contributed by atoms with Crippen molar-refractivity contribution >= 4 is 17.7 Å².